The number of aliphatic hydroxyl groups excluding tert-OH is 1. The smallest absolute Gasteiger partial charge is 0.141 e. The lowest BCUT2D eigenvalue weighted by molar-refractivity contribution is 0.173. The van der Waals surface area contributed by atoms with Crippen molar-refractivity contribution in [2.24, 2.45) is 0 Å². The summed E-state index contributed by atoms with van der Waals surface area (Å²) in [6, 6.07) is 9.98. The van der Waals surface area contributed by atoms with E-state index < -0.39 is 11.9 Å². The van der Waals surface area contributed by atoms with Gasteiger partial charge in [0.1, 0.15) is 5.82 Å². The maximum Gasteiger partial charge on any atom is 0.141 e. The molecule has 0 spiro atoms. The highest BCUT2D eigenvalue weighted by molar-refractivity contribution is 6.30. The number of benzene rings is 1. The van der Waals surface area contributed by atoms with Crippen LogP contribution in [0.3, 0.4) is 0 Å². The summed E-state index contributed by atoms with van der Waals surface area (Å²) in [4.78, 5) is 3.84. The zero-order valence-corrected chi connectivity index (χ0v) is 9.73. The van der Waals surface area contributed by atoms with Gasteiger partial charge in [-0.3, -0.25) is 4.98 Å². The lowest BCUT2D eigenvalue weighted by Gasteiger charge is -2.09. The summed E-state index contributed by atoms with van der Waals surface area (Å²) in [5.41, 5.74) is 1.41. The minimum atomic E-state index is -0.739. The summed E-state index contributed by atoms with van der Waals surface area (Å²) < 4.78 is 12.7. The standard InChI is InChI=1S/C13H11ClFNO/c14-10-3-1-9(2-4-10)7-13(17)12-6-5-11(15)8-16-12/h1-6,8,13,17H,7H2. The summed E-state index contributed by atoms with van der Waals surface area (Å²) >= 11 is 5.77. The van der Waals surface area contributed by atoms with Crippen LogP contribution in [-0.4, -0.2) is 10.1 Å². The van der Waals surface area contributed by atoms with Crippen LogP contribution in [0.2, 0.25) is 5.02 Å². The number of aromatic nitrogens is 1. The Kier molecular flexibility index (Phi) is 3.71. The van der Waals surface area contributed by atoms with Gasteiger partial charge in [-0.05, 0) is 29.8 Å². The molecule has 2 rings (SSSR count). The van der Waals surface area contributed by atoms with Crippen LogP contribution in [0.5, 0.6) is 0 Å². The minimum Gasteiger partial charge on any atom is -0.386 e. The number of halogens is 2. The third-order valence-electron chi connectivity index (χ3n) is 2.43. The van der Waals surface area contributed by atoms with Crippen molar-refractivity contribution in [1.82, 2.24) is 4.98 Å². The average Bonchev–Trinajstić information content (AvgIpc) is 2.33. The second kappa shape index (κ2) is 5.25. The number of nitrogens with zero attached hydrogens (tertiary/aromatic N) is 1. The van der Waals surface area contributed by atoms with Crippen molar-refractivity contribution in [1.29, 1.82) is 0 Å². The highest BCUT2D eigenvalue weighted by Gasteiger charge is 2.09. The molecule has 17 heavy (non-hydrogen) atoms. The van der Waals surface area contributed by atoms with Crippen molar-refractivity contribution >= 4 is 11.6 Å². The van der Waals surface area contributed by atoms with E-state index in [0.717, 1.165) is 11.8 Å². The molecule has 88 valence electrons. The Bertz CT molecular complexity index is 484. The molecule has 1 heterocycles. The van der Waals surface area contributed by atoms with E-state index in [4.69, 9.17) is 11.6 Å². The monoisotopic (exact) mass is 251 g/mol. The summed E-state index contributed by atoms with van der Waals surface area (Å²) in [7, 11) is 0. The van der Waals surface area contributed by atoms with Crippen molar-refractivity contribution in [2.45, 2.75) is 12.5 Å². The van der Waals surface area contributed by atoms with Crippen LogP contribution in [0, 0.1) is 5.82 Å². The molecule has 1 unspecified atom stereocenters. The van der Waals surface area contributed by atoms with Crippen LogP contribution < -0.4 is 0 Å². The van der Waals surface area contributed by atoms with Crippen LogP contribution in [0.15, 0.2) is 42.6 Å². The highest BCUT2D eigenvalue weighted by Crippen LogP contribution is 2.18. The molecule has 4 heteroatoms. The van der Waals surface area contributed by atoms with Crippen LogP contribution in [0.1, 0.15) is 17.4 Å². The SMILES string of the molecule is OC(Cc1ccc(Cl)cc1)c1ccc(F)cn1. The van der Waals surface area contributed by atoms with Crippen molar-refractivity contribution in [3.8, 4) is 0 Å². The molecule has 1 aromatic heterocycles. The first kappa shape index (κ1) is 12.0. The molecule has 1 N–H and O–H groups in total. The second-order valence-electron chi connectivity index (χ2n) is 3.75. The number of hydrogen-bond acceptors (Lipinski definition) is 2. The van der Waals surface area contributed by atoms with Gasteiger partial charge in [-0.15, -0.1) is 0 Å². The molecule has 0 saturated carbocycles. The lowest BCUT2D eigenvalue weighted by Crippen LogP contribution is -2.04. The molecule has 0 bridgehead atoms. The topological polar surface area (TPSA) is 33.1 Å². The molecular weight excluding hydrogens is 241 g/mol. The van der Waals surface area contributed by atoms with E-state index >= 15 is 0 Å². The minimum absolute atomic E-state index is 0.410. The molecule has 2 nitrogen and oxygen atoms in total. The maximum atomic E-state index is 12.7. The second-order valence-corrected chi connectivity index (χ2v) is 4.18. The normalized spacial score (nSPS) is 12.4. The molecule has 0 aliphatic heterocycles. The van der Waals surface area contributed by atoms with Gasteiger partial charge in [0.15, 0.2) is 0 Å². The molecule has 1 atom stereocenters. The van der Waals surface area contributed by atoms with E-state index in [0.29, 0.717) is 17.1 Å². The predicted octanol–water partition coefficient (Wildman–Crippen LogP) is 3.15. The summed E-state index contributed by atoms with van der Waals surface area (Å²) in [5.74, 6) is -0.410. The predicted molar refractivity (Wildman–Crippen MR) is 64.3 cm³/mol. The van der Waals surface area contributed by atoms with Crippen LogP contribution >= 0.6 is 11.6 Å². The third kappa shape index (κ3) is 3.25. The molecular formula is C13H11ClFNO. The Labute approximate surface area is 104 Å². The zero-order chi connectivity index (χ0) is 12.3. The maximum absolute atomic E-state index is 12.7. The van der Waals surface area contributed by atoms with Gasteiger partial charge in [0.25, 0.3) is 0 Å². The quantitative estimate of drug-likeness (QED) is 0.909. The Balaban J connectivity index is 2.08. The van der Waals surface area contributed by atoms with Crippen molar-refractivity contribution in [3.63, 3.8) is 0 Å². The fourth-order valence-corrected chi connectivity index (χ4v) is 1.66. The van der Waals surface area contributed by atoms with Gasteiger partial charge in [-0.2, -0.15) is 0 Å². The van der Waals surface area contributed by atoms with Crippen molar-refractivity contribution in [3.05, 3.63) is 64.7 Å². The number of aliphatic hydroxyl groups is 1. The zero-order valence-electron chi connectivity index (χ0n) is 8.98. The molecule has 0 aliphatic rings. The Morgan fingerprint density at radius 3 is 2.47 bits per heavy atom. The van der Waals surface area contributed by atoms with E-state index in [1.54, 1.807) is 12.1 Å². The molecule has 0 fully saturated rings. The van der Waals surface area contributed by atoms with Gasteiger partial charge in [-0.25, -0.2) is 4.39 Å². The van der Waals surface area contributed by atoms with E-state index in [-0.39, 0.29) is 0 Å². The van der Waals surface area contributed by atoms with Gasteiger partial charge in [0, 0.05) is 11.4 Å². The van der Waals surface area contributed by atoms with Crippen LogP contribution in [0.25, 0.3) is 0 Å². The van der Waals surface area contributed by atoms with Gasteiger partial charge < -0.3 is 5.11 Å². The fraction of sp³-hybridized carbons (Fsp3) is 0.154. The van der Waals surface area contributed by atoms with Gasteiger partial charge >= 0.3 is 0 Å². The molecule has 2 aromatic rings. The third-order valence-corrected chi connectivity index (χ3v) is 2.69. The van der Waals surface area contributed by atoms with Gasteiger partial charge in [-0.1, -0.05) is 23.7 Å². The van der Waals surface area contributed by atoms with Crippen molar-refractivity contribution in [2.75, 3.05) is 0 Å². The summed E-state index contributed by atoms with van der Waals surface area (Å²) in [6.07, 6.45) is 0.785. The molecule has 0 saturated heterocycles. The summed E-state index contributed by atoms with van der Waals surface area (Å²) in [6.45, 7) is 0. The first-order valence-electron chi connectivity index (χ1n) is 5.19. The van der Waals surface area contributed by atoms with E-state index in [1.165, 1.54) is 12.1 Å². The van der Waals surface area contributed by atoms with E-state index in [2.05, 4.69) is 4.98 Å². The van der Waals surface area contributed by atoms with Gasteiger partial charge in [0.2, 0.25) is 0 Å². The highest BCUT2D eigenvalue weighted by atomic mass is 35.5. The molecule has 1 aromatic carbocycles. The van der Waals surface area contributed by atoms with E-state index in [1.807, 2.05) is 12.1 Å². The first-order chi connectivity index (χ1) is 8.15. The first-order valence-corrected chi connectivity index (χ1v) is 5.57. The lowest BCUT2D eigenvalue weighted by atomic mass is 10.1. The molecule has 0 aliphatic carbocycles. The molecule has 0 amide bonds. The van der Waals surface area contributed by atoms with Crippen LogP contribution in [-0.2, 0) is 6.42 Å². The van der Waals surface area contributed by atoms with Crippen LogP contribution in [0.4, 0.5) is 4.39 Å². The molecule has 0 radical (unpaired) electrons. The fourth-order valence-electron chi connectivity index (χ4n) is 1.53. The number of hydrogen-bond donors (Lipinski definition) is 1. The van der Waals surface area contributed by atoms with E-state index in [9.17, 15) is 9.50 Å². The van der Waals surface area contributed by atoms with Gasteiger partial charge in [0.05, 0.1) is 18.0 Å². The Morgan fingerprint density at radius 1 is 1.18 bits per heavy atom. The number of rotatable bonds is 3. The summed E-state index contributed by atoms with van der Waals surface area (Å²) in [5, 5.41) is 10.6. The number of pyridine rings is 1. The Hall–Kier alpha value is -1.45. The van der Waals surface area contributed by atoms with Crippen molar-refractivity contribution < 1.29 is 9.50 Å². The largest absolute Gasteiger partial charge is 0.386 e. The Morgan fingerprint density at radius 2 is 1.88 bits per heavy atom. The average molecular weight is 252 g/mol.